The molecule has 0 amide bonds. The highest BCUT2D eigenvalue weighted by Crippen LogP contribution is 2.55. The maximum atomic E-state index is 2.69. The van der Waals surface area contributed by atoms with Gasteiger partial charge in [-0.2, -0.15) is 0 Å². The fourth-order valence-corrected chi connectivity index (χ4v) is 12.8. The molecular formula is C61H56. The van der Waals surface area contributed by atoms with Gasteiger partial charge < -0.3 is 0 Å². The normalized spacial score (nSPS) is 17.0. The fraction of sp³-hybridized carbons (Fsp3) is 0.279. The third-order valence-corrected chi connectivity index (χ3v) is 15.5. The van der Waals surface area contributed by atoms with Crippen LogP contribution in [-0.2, 0) is 0 Å². The van der Waals surface area contributed by atoms with Crippen molar-refractivity contribution in [2.45, 2.75) is 109 Å². The number of fused-ring (bicyclic) bond motifs is 9. The Labute approximate surface area is 361 Å². The van der Waals surface area contributed by atoms with E-state index >= 15 is 0 Å². The summed E-state index contributed by atoms with van der Waals surface area (Å²) in [6.07, 6.45) is 20.7. The first-order valence-corrected chi connectivity index (χ1v) is 23.8. The van der Waals surface area contributed by atoms with Gasteiger partial charge in [0.2, 0.25) is 0 Å². The molecule has 3 aliphatic rings. The number of rotatable bonds is 5. The van der Waals surface area contributed by atoms with E-state index in [9.17, 15) is 0 Å². The summed E-state index contributed by atoms with van der Waals surface area (Å²) in [6.45, 7) is 2.57. The Balaban J connectivity index is 1.32. The molecule has 0 atom stereocenters. The first-order valence-electron chi connectivity index (χ1n) is 23.8. The van der Waals surface area contributed by atoms with Gasteiger partial charge in [0, 0.05) is 0 Å². The smallest absolute Gasteiger partial charge is 0.00198 e. The summed E-state index contributed by atoms with van der Waals surface area (Å²) in [6, 6.07) is 51.7. The van der Waals surface area contributed by atoms with Crippen molar-refractivity contribution in [2.24, 2.45) is 0 Å². The van der Waals surface area contributed by atoms with Gasteiger partial charge in [-0.3, -0.25) is 0 Å². The lowest BCUT2D eigenvalue weighted by Crippen LogP contribution is -2.13. The summed E-state index contributed by atoms with van der Waals surface area (Å²) < 4.78 is 0. The van der Waals surface area contributed by atoms with Gasteiger partial charge >= 0.3 is 0 Å². The molecule has 9 aromatic carbocycles. The maximum Gasteiger partial charge on any atom is -0.00198 e. The van der Waals surface area contributed by atoms with Crippen LogP contribution >= 0.6 is 0 Å². The summed E-state index contributed by atoms with van der Waals surface area (Å²) in [5, 5.41) is 16.8. The molecule has 2 saturated carbocycles. The predicted molar refractivity (Wildman–Crippen MR) is 265 cm³/mol. The van der Waals surface area contributed by atoms with E-state index in [0.29, 0.717) is 11.8 Å². The van der Waals surface area contributed by atoms with Gasteiger partial charge in [0.1, 0.15) is 0 Å². The van der Waals surface area contributed by atoms with E-state index in [0.717, 1.165) is 0 Å². The fourth-order valence-electron chi connectivity index (χ4n) is 12.8. The van der Waals surface area contributed by atoms with Crippen molar-refractivity contribution in [3.8, 4) is 22.3 Å². The van der Waals surface area contributed by atoms with Gasteiger partial charge in [0.15, 0.2) is 0 Å². The summed E-state index contributed by atoms with van der Waals surface area (Å²) in [7, 11) is 0. The van der Waals surface area contributed by atoms with Crippen LogP contribution in [0.2, 0.25) is 0 Å². The Morgan fingerprint density at radius 2 is 0.984 bits per heavy atom. The van der Waals surface area contributed by atoms with Crippen molar-refractivity contribution in [3.63, 3.8) is 0 Å². The zero-order chi connectivity index (χ0) is 40.4. The molecule has 0 nitrogen and oxygen atoms in total. The molecule has 61 heavy (non-hydrogen) atoms. The lowest BCUT2D eigenvalue weighted by Gasteiger charge is -2.34. The number of allylic oxidation sites excluding steroid dienone is 2. The van der Waals surface area contributed by atoms with Crippen LogP contribution in [0.25, 0.3) is 92.5 Å². The zero-order valence-corrected chi connectivity index (χ0v) is 35.8. The van der Waals surface area contributed by atoms with Crippen molar-refractivity contribution >= 4 is 70.2 Å². The van der Waals surface area contributed by atoms with Gasteiger partial charge in [0.05, 0.1) is 0 Å². The molecule has 0 saturated heterocycles. The van der Waals surface area contributed by atoms with E-state index in [1.54, 1.807) is 33.2 Å². The number of hydrogen-bond acceptors (Lipinski definition) is 0. The molecule has 9 aromatic rings. The Bertz CT molecular complexity index is 3200. The minimum Gasteiger partial charge on any atom is -0.0807 e. The molecule has 300 valence electrons. The quantitative estimate of drug-likeness (QED) is 0.120. The second kappa shape index (κ2) is 15.3. The topological polar surface area (TPSA) is 0 Å². The summed E-state index contributed by atoms with van der Waals surface area (Å²) in [4.78, 5) is 0. The van der Waals surface area contributed by atoms with Crippen LogP contribution in [0.1, 0.15) is 124 Å². The molecule has 0 heterocycles. The second-order valence-corrected chi connectivity index (χ2v) is 18.9. The van der Waals surface area contributed by atoms with E-state index in [2.05, 4.69) is 146 Å². The molecule has 0 unspecified atom stereocenters. The van der Waals surface area contributed by atoms with Gasteiger partial charge in [0.25, 0.3) is 0 Å². The first kappa shape index (κ1) is 37.1. The molecule has 12 rings (SSSR count). The zero-order valence-electron chi connectivity index (χ0n) is 35.8. The monoisotopic (exact) mass is 788 g/mol. The molecule has 0 N–H and O–H groups in total. The third-order valence-electron chi connectivity index (χ3n) is 15.5. The standard InChI is InChI=1S/C61H56/c1-39-55(41-22-8-3-9-23-41)60(51-35-19-34-50-48-31-16-17-32-49(48)52-36-44-28-14-15-29-45(44)37-53(52)59(50)51)54-38-46-30-18-33-47(40-20-6-2-7-21-40)57(46)58(43-26-12-5-13-27-43)61(54)56(39)42-24-10-4-11-25-42/h2,6-7,14-21,24,28-38,41,43H,3-5,8-13,22-23,25-27H2,1H3. The molecule has 0 radical (unpaired) electrons. The van der Waals surface area contributed by atoms with E-state index in [1.807, 2.05) is 0 Å². The lowest BCUT2D eigenvalue weighted by atomic mass is 9.70. The van der Waals surface area contributed by atoms with Crippen LogP contribution in [0.3, 0.4) is 0 Å². The van der Waals surface area contributed by atoms with Crippen LogP contribution in [-0.4, -0.2) is 0 Å². The van der Waals surface area contributed by atoms with Crippen molar-refractivity contribution < 1.29 is 0 Å². The van der Waals surface area contributed by atoms with Gasteiger partial charge in [-0.25, -0.2) is 0 Å². The van der Waals surface area contributed by atoms with Crippen molar-refractivity contribution in [1.29, 1.82) is 0 Å². The van der Waals surface area contributed by atoms with Gasteiger partial charge in [-0.1, -0.05) is 160 Å². The van der Waals surface area contributed by atoms with Crippen molar-refractivity contribution in [1.82, 2.24) is 0 Å². The third kappa shape index (κ3) is 6.07. The summed E-state index contributed by atoms with van der Waals surface area (Å²) in [5.74, 6) is 1.08. The van der Waals surface area contributed by atoms with Crippen LogP contribution in [0.4, 0.5) is 0 Å². The van der Waals surface area contributed by atoms with Crippen molar-refractivity contribution in [3.05, 3.63) is 162 Å². The molecule has 0 bridgehead atoms. The Hall–Kier alpha value is -5.72. The number of hydrogen-bond donors (Lipinski definition) is 0. The van der Waals surface area contributed by atoms with Gasteiger partial charge in [-0.05, 0) is 203 Å². The lowest BCUT2D eigenvalue weighted by molar-refractivity contribution is 0.443. The van der Waals surface area contributed by atoms with Gasteiger partial charge in [-0.15, -0.1) is 0 Å². The molecule has 0 aromatic heterocycles. The molecule has 2 fully saturated rings. The first-order chi connectivity index (χ1) is 30.2. The molecule has 3 aliphatic carbocycles. The second-order valence-electron chi connectivity index (χ2n) is 18.9. The average Bonchev–Trinajstić information content (AvgIpc) is 3.33. The van der Waals surface area contributed by atoms with Crippen LogP contribution < -0.4 is 0 Å². The number of benzene rings is 9. The predicted octanol–water partition coefficient (Wildman–Crippen LogP) is 18.3. The minimum absolute atomic E-state index is 0.532. The van der Waals surface area contributed by atoms with Crippen molar-refractivity contribution in [2.75, 3.05) is 0 Å². The van der Waals surface area contributed by atoms with E-state index < -0.39 is 0 Å². The average molecular weight is 789 g/mol. The summed E-state index contributed by atoms with van der Waals surface area (Å²) >= 11 is 0. The SMILES string of the molecule is Cc1c(C2CCCCC2)c(-c2cccc3c4ccccc4c4cc5ccccc5cc4c23)c2cc3cccc(-c4ccccc4)c3c(C3CCCCC3)c2c1C1=CCCCC1. The van der Waals surface area contributed by atoms with Crippen LogP contribution in [0.15, 0.2) is 140 Å². The largest absolute Gasteiger partial charge is 0.0807 e. The van der Waals surface area contributed by atoms with Crippen LogP contribution in [0, 0.1) is 6.92 Å². The highest BCUT2D eigenvalue weighted by atomic mass is 14.4. The van der Waals surface area contributed by atoms with E-state index in [1.165, 1.54) is 171 Å². The highest BCUT2D eigenvalue weighted by molar-refractivity contribution is 6.31. The van der Waals surface area contributed by atoms with Crippen LogP contribution in [0.5, 0.6) is 0 Å². The van der Waals surface area contributed by atoms with E-state index in [4.69, 9.17) is 0 Å². The Kier molecular flexibility index (Phi) is 9.31. The maximum absolute atomic E-state index is 2.69. The highest BCUT2D eigenvalue weighted by Gasteiger charge is 2.32. The molecule has 0 heteroatoms. The minimum atomic E-state index is 0.532. The molecular weight excluding hydrogens is 733 g/mol. The Morgan fingerprint density at radius 1 is 0.393 bits per heavy atom. The Morgan fingerprint density at radius 3 is 1.70 bits per heavy atom. The molecule has 0 aliphatic heterocycles. The molecule has 0 spiro atoms. The van der Waals surface area contributed by atoms with E-state index in [-0.39, 0.29) is 0 Å². The summed E-state index contributed by atoms with van der Waals surface area (Å²) in [5.41, 5.74) is 13.8.